The van der Waals surface area contributed by atoms with Gasteiger partial charge in [-0.1, -0.05) is 12.1 Å². The van der Waals surface area contributed by atoms with Gasteiger partial charge < -0.3 is 19.7 Å². The van der Waals surface area contributed by atoms with Gasteiger partial charge in [-0.3, -0.25) is 9.59 Å². The lowest BCUT2D eigenvalue weighted by atomic mass is 10.0. The third-order valence-corrected chi connectivity index (χ3v) is 4.71. The number of likely N-dealkylation sites (tertiary alicyclic amines) is 1. The molecule has 1 heterocycles. The molecule has 1 N–H and O–H groups in total. The highest BCUT2D eigenvalue weighted by Gasteiger charge is 2.24. The molecule has 0 spiro atoms. The molecule has 1 aliphatic heterocycles. The van der Waals surface area contributed by atoms with Crippen molar-refractivity contribution in [1.82, 2.24) is 10.2 Å². The number of rotatable bonds is 6. The van der Waals surface area contributed by atoms with Crippen molar-refractivity contribution < 1.29 is 23.5 Å². The average molecular weight is 386 g/mol. The summed E-state index contributed by atoms with van der Waals surface area (Å²) >= 11 is 0. The van der Waals surface area contributed by atoms with Crippen LogP contribution in [0, 0.1) is 5.82 Å². The highest BCUT2D eigenvalue weighted by Crippen LogP contribution is 2.25. The highest BCUT2D eigenvalue weighted by atomic mass is 19.1. The fourth-order valence-corrected chi connectivity index (χ4v) is 3.11. The average Bonchev–Trinajstić information content (AvgIpc) is 2.73. The van der Waals surface area contributed by atoms with Gasteiger partial charge >= 0.3 is 0 Å². The Morgan fingerprint density at radius 2 is 1.71 bits per heavy atom. The van der Waals surface area contributed by atoms with Crippen LogP contribution in [0.25, 0.3) is 0 Å². The van der Waals surface area contributed by atoms with Crippen LogP contribution in [0.5, 0.6) is 11.5 Å². The molecule has 148 valence electrons. The smallest absolute Gasteiger partial charge is 0.260 e. The maximum absolute atomic E-state index is 13.0. The van der Waals surface area contributed by atoms with Crippen LogP contribution in [0.2, 0.25) is 0 Å². The van der Waals surface area contributed by atoms with Crippen LogP contribution in [-0.4, -0.2) is 49.6 Å². The standard InChI is InChI=1S/C21H23FN2O4/c1-27-18-4-2-3-5-19(18)28-14-20(25)24-12-10-17(11-13-24)23-21(26)15-6-8-16(22)9-7-15/h2-9,17H,10-14H2,1H3,(H,23,26). The van der Waals surface area contributed by atoms with Crippen molar-refractivity contribution in [3.05, 3.63) is 59.9 Å². The van der Waals surface area contributed by atoms with E-state index in [1.807, 2.05) is 12.1 Å². The molecule has 0 unspecified atom stereocenters. The van der Waals surface area contributed by atoms with E-state index in [0.29, 0.717) is 43.0 Å². The van der Waals surface area contributed by atoms with Crippen LogP contribution in [-0.2, 0) is 4.79 Å². The summed E-state index contributed by atoms with van der Waals surface area (Å²) in [6, 6.07) is 12.6. The topological polar surface area (TPSA) is 67.9 Å². The van der Waals surface area contributed by atoms with Crippen LogP contribution in [0.3, 0.4) is 0 Å². The van der Waals surface area contributed by atoms with Crippen molar-refractivity contribution >= 4 is 11.8 Å². The Morgan fingerprint density at radius 3 is 2.36 bits per heavy atom. The van der Waals surface area contributed by atoms with E-state index in [1.165, 1.54) is 24.3 Å². The molecule has 0 saturated carbocycles. The van der Waals surface area contributed by atoms with Crippen molar-refractivity contribution in [3.8, 4) is 11.5 Å². The minimum absolute atomic E-state index is 0.0169. The van der Waals surface area contributed by atoms with Crippen LogP contribution in [0.1, 0.15) is 23.2 Å². The highest BCUT2D eigenvalue weighted by molar-refractivity contribution is 5.94. The molecule has 3 rings (SSSR count). The number of para-hydroxylation sites is 2. The Balaban J connectivity index is 1.45. The largest absolute Gasteiger partial charge is 0.493 e. The summed E-state index contributed by atoms with van der Waals surface area (Å²) in [6.07, 6.45) is 1.32. The molecule has 1 fully saturated rings. The van der Waals surface area contributed by atoms with Crippen LogP contribution in [0.15, 0.2) is 48.5 Å². The predicted octanol–water partition coefficient (Wildman–Crippen LogP) is 2.63. The number of benzene rings is 2. The van der Waals surface area contributed by atoms with Gasteiger partial charge in [-0.05, 0) is 49.2 Å². The second-order valence-corrected chi connectivity index (χ2v) is 6.57. The molecule has 1 saturated heterocycles. The summed E-state index contributed by atoms with van der Waals surface area (Å²) in [4.78, 5) is 26.3. The zero-order valence-electron chi connectivity index (χ0n) is 15.7. The van der Waals surface area contributed by atoms with Crippen LogP contribution < -0.4 is 14.8 Å². The van der Waals surface area contributed by atoms with Gasteiger partial charge in [0.15, 0.2) is 18.1 Å². The molecule has 0 aliphatic carbocycles. The van der Waals surface area contributed by atoms with Crippen molar-refractivity contribution in [2.75, 3.05) is 26.8 Å². The number of hydrogen-bond acceptors (Lipinski definition) is 4. The first-order chi connectivity index (χ1) is 13.6. The van der Waals surface area contributed by atoms with Crippen molar-refractivity contribution in [3.63, 3.8) is 0 Å². The van der Waals surface area contributed by atoms with Gasteiger partial charge in [0.05, 0.1) is 7.11 Å². The zero-order valence-corrected chi connectivity index (χ0v) is 15.7. The number of nitrogens with one attached hydrogen (secondary N) is 1. The number of amides is 2. The van der Waals surface area contributed by atoms with Crippen molar-refractivity contribution in [2.24, 2.45) is 0 Å². The van der Waals surface area contributed by atoms with Crippen molar-refractivity contribution in [2.45, 2.75) is 18.9 Å². The fraction of sp³-hybridized carbons (Fsp3) is 0.333. The molecule has 2 aromatic rings. The van der Waals surface area contributed by atoms with E-state index in [1.54, 1.807) is 24.1 Å². The second kappa shape index (κ2) is 9.21. The lowest BCUT2D eigenvalue weighted by Gasteiger charge is -2.32. The number of halogens is 1. The molecule has 2 aromatic carbocycles. The molecule has 6 nitrogen and oxygen atoms in total. The van der Waals surface area contributed by atoms with Crippen LogP contribution in [0.4, 0.5) is 4.39 Å². The van der Waals surface area contributed by atoms with E-state index in [-0.39, 0.29) is 30.3 Å². The molecule has 2 amide bonds. The summed E-state index contributed by atoms with van der Waals surface area (Å²) in [5, 5.41) is 2.94. The molecule has 7 heteroatoms. The Hall–Kier alpha value is -3.09. The van der Waals surface area contributed by atoms with E-state index in [0.717, 1.165) is 0 Å². The normalized spacial score (nSPS) is 14.4. The molecule has 0 atom stereocenters. The lowest BCUT2D eigenvalue weighted by Crippen LogP contribution is -2.47. The third-order valence-electron chi connectivity index (χ3n) is 4.71. The Kier molecular flexibility index (Phi) is 6.47. The third kappa shape index (κ3) is 5.00. The zero-order chi connectivity index (χ0) is 19.9. The van der Waals surface area contributed by atoms with Crippen molar-refractivity contribution in [1.29, 1.82) is 0 Å². The van der Waals surface area contributed by atoms with Gasteiger partial charge in [0.1, 0.15) is 5.82 Å². The number of nitrogens with zero attached hydrogens (tertiary/aromatic N) is 1. The Morgan fingerprint density at radius 1 is 1.07 bits per heavy atom. The Labute approximate surface area is 163 Å². The number of carbonyl (C=O) groups excluding carboxylic acids is 2. The fourth-order valence-electron chi connectivity index (χ4n) is 3.11. The molecule has 0 bridgehead atoms. The molecular weight excluding hydrogens is 363 g/mol. The van der Waals surface area contributed by atoms with E-state index in [4.69, 9.17) is 9.47 Å². The van der Waals surface area contributed by atoms with Gasteiger partial charge in [0, 0.05) is 24.7 Å². The van der Waals surface area contributed by atoms with E-state index < -0.39 is 0 Å². The first-order valence-electron chi connectivity index (χ1n) is 9.17. The van der Waals surface area contributed by atoms with Gasteiger partial charge in [-0.25, -0.2) is 4.39 Å². The second-order valence-electron chi connectivity index (χ2n) is 6.57. The maximum Gasteiger partial charge on any atom is 0.260 e. The van der Waals surface area contributed by atoms with Crippen LogP contribution >= 0.6 is 0 Å². The molecule has 1 aliphatic rings. The number of methoxy groups -OCH3 is 1. The molecular formula is C21H23FN2O4. The summed E-state index contributed by atoms with van der Waals surface area (Å²) < 4.78 is 23.7. The quantitative estimate of drug-likeness (QED) is 0.829. The van der Waals surface area contributed by atoms with E-state index >= 15 is 0 Å². The van der Waals surface area contributed by atoms with Gasteiger partial charge in [-0.2, -0.15) is 0 Å². The first-order valence-corrected chi connectivity index (χ1v) is 9.17. The summed E-state index contributed by atoms with van der Waals surface area (Å²) in [5.74, 6) is 0.398. The van der Waals surface area contributed by atoms with Gasteiger partial charge in [0.25, 0.3) is 11.8 Å². The van der Waals surface area contributed by atoms with E-state index in [9.17, 15) is 14.0 Å². The summed E-state index contributed by atoms with van der Waals surface area (Å²) in [7, 11) is 1.55. The number of ether oxygens (including phenoxy) is 2. The maximum atomic E-state index is 13.0. The summed E-state index contributed by atoms with van der Waals surface area (Å²) in [6.45, 7) is 1.03. The Bertz CT molecular complexity index is 817. The number of hydrogen-bond donors (Lipinski definition) is 1. The summed E-state index contributed by atoms with van der Waals surface area (Å²) in [5.41, 5.74) is 0.421. The molecule has 0 radical (unpaired) electrons. The molecule has 0 aromatic heterocycles. The predicted molar refractivity (Wildman–Crippen MR) is 102 cm³/mol. The SMILES string of the molecule is COc1ccccc1OCC(=O)N1CCC(NC(=O)c2ccc(F)cc2)CC1. The minimum atomic E-state index is -0.376. The van der Waals surface area contributed by atoms with Gasteiger partial charge in [0.2, 0.25) is 0 Å². The first kappa shape index (κ1) is 19.7. The number of piperidine rings is 1. The lowest BCUT2D eigenvalue weighted by molar-refractivity contribution is -0.134. The number of carbonyl (C=O) groups is 2. The monoisotopic (exact) mass is 386 g/mol. The van der Waals surface area contributed by atoms with Gasteiger partial charge in [-0.15, -0.1) is 0 Å². The minimum Gasteiger partial charge on any atom is -0.493 e. The molecule has 28 heavy (non-hydrogen) atoms. The van der Waals surface area contributed by atoms with E-state index in [2.05, 4.69) is 5.32 Å².